The molecule has 0 aromatic heterocycles. The van der Waals surface area contributed by atoms with Crippen molar-refractivity contribution in [3.63, 3.8) is 0 Å². The fraction of sp³-hybridized carbons (Fsp3) is 0.0952. The van der Waals surface area contributed by atoms with Gasteiger partial charge >= 0.3 is 10.1 Å². The van der Waals surface area contributed by atoms with Gasteiger partial charge in [0.05, 0.1) is 10.2 Å². The largest absolute Gasteiger partial charge is 0.377 e. The number of halogens is 3. The van der Waals surface area contributed by atoms with Gasteiger partial charge in [-0.15, -0.1) is 0 Å². The number of nitrogens with zero attached hydrogens (tertiary/aromatic N) is 1. The van der Waals surface area contributed by atoms with Gasteiger partial charge in [0.25, 0.3) is 0 Å². The summed E-state index contributed by atoms with van der Waals surface area (Å²) in [5.74, 6) is 0.150. The van der Waals surface area contributed by atoms with Gasteiger partial charge in [-0.3, -0.25) is 4.99 Å². The summed E-state index contributed by atoms with van der Waals surface area (Å²) in [6.07, 6.45) is 1.55. The molecule has 0 heterocycles. The highest BCUT2D eigenvalue weighted by Gasteiger charge is 2.20. The van der Waals surface area contributed by atoms with Crippen LogP contribution in [-0.4, -0.2) is 14.6 Å². The standard InChI is InChI=1S/C21H16Br2ClNO3S/c1-13-3-7-18(8-4-13)29(26,27)28-21-15(9-16(22)10-19(21)23)12-25-20-11-17(24)6-5-14(20)2/h3-12H,1-2H3. The molecule has 0 saturated carbocycles. The molecule has 0 aliphatic carbocycles. The third-order valence-corrected chi connectivity index (χ3v) is 6.57. The Morgan fingerprint density at radius 1 is 1.00 bits per heavy atom. The number of aliphatic imine (C=N–C) groups is 1. The van der Waals surface area contributed by atoms with Crippen LogP contribution >= 0.6 is 43.5 Å². The molecule has 0 atom stereocenters. The summed E-state index contributed by atoms with van der Waals surface area (Å²) >= 11 is 12.9. The predicted molar refractivity (Wildman–Crippen MR) is 124 cm³/mol. The van der Waals surface area contributed by atoms with E-state index in [4.69, 9.17) is 15.8 Å². The molecule has 0 fully saturated rings. The lowest BCUT2D eigenvalue weighted by molar-refractivity contribution is 0.484. The molecule has 29 heavy (non-hydrogen) atoms. The monoisotopic (exact) mass is 555 g/mol. The van der Waals surface area contributed by atoms with Crippen molar-refractivity contribution in [2.24, 2.45) is 4.99 Å². The van der Waals surface area contributed by atoms with Crippen molar-refractivity contribution in [1.82, 2.24) is 0 Å². The maximum Gasteiger partial charge on any atom is 0.339 e. The summed E-state index contributed by atoms with van der Waals surface area (Å²) in [6.45, 7) is 3.80. The topological polar surface area (TPSA) is 55.7 Å². The Labute approximate surface area is 192 Å². The van der Waals surface area contributed by atoms with Crippen LogP contribution < -0.4 is 4.18 Å². The zero-order valence-corrected chi connectivity index (χ0v) is 20.2. The number of rotatable bonds is 5. The molecule has 150 valence electrons. The van der Waals surface area contributed by atoms with Crippen LogP contribution in [0.4, 0.5) is 5.69 Å². The molecule has 0 amide bonds. The van der Waals surface area contributed by atoms with Gasteiger partial charge in [0.15, 0.2) is 5.75 Å². The first-order chi connectivity index (χ1) is 13.7. The Bertz CT molecular complexity index is 1190. The fourth-order valence-corrected chi connectivity index (χ4v) is 5.07. The Hall–Kier alpha value is -1.67. The van der Waals surface area contributed by atoms with E-state index in [1.54, 1.807) is 42.6 Å². The molecule has 0 radical (unpaired) electrons. The lowest BCUT2D eigenvalue weighted by Crippen LogP contribution is -2.11. The summed E-state index contributed by atoms with van der Waals surface area (Å²) in [5, 5.41) is 0.566. The van der Waals surface area contributed by atoms with Gasteiger partial charge in [0, 0.05) is 21.3 Å². The number of benzene rings is 3. The van der Waals surface area contributed by atoms with Crippen LogP contribution in [-0.2, 0) is 10.1 Å². The van der Waals surface area contributed by atoms with Crippen LogP contribution in [0.3, 0.4) is 0 Å². The first-order valence-corrected chi connectivity index (χ1v) is 11.8. The van der Waals surface area contributed by atoms with Gasteiger partial charge in [-0.25, -0.2) is 0 Å². The highest BCUT2D eigenvalue weighted by Crippen LogP contribution is 2.35. The number of aryl methyl sites for hydroxylation is 2. The summed E-state index contributed by atoms with van der Waals surface area (Å²) in [6, 6.07) is 15.3. The van der Waals surface area contributed by atoms with E-state index in [2.05, 4.69) is 36.9 Å². The van der Waals surface area contributed by atoms with E-state index in [9.17, 15) is 8.42 Å². The van der Waals surface area contributed by atoms with E-state index in [-0.39, 0.29) is 10.6 Å². The average molecular weight is 558 g/mol. The molecule has 0 bridgehead atoms. The fourth-order valence-electron chi connectivity index (χ4n) is 2.49. The molecule has 3 aromatic rings. The van der Waals surface area contributed by atoms with E-state index in [1.165, 1.54) is 12.1 Å². The van der Waals surface area contributed by atoms with Gasteiger partial charge in [-0.05, 0) is 71.7 Å². The van der Waals surface area contributed by atoms with E-state index < -0.39 is 10.1 Å². The van der Waals surface area contributed by atoms with E-state index in [1.807, 2.05) is 19.9 Å². The smallest absolute Gasteiger partial charge is 0.339 e. The SMILES string of the molecule is Cc1ccc(S(=O)(=O)Oc2c(Br)cc(Br)cc2C=Nc2cc(Cl)ccc2C)cc1. The van der Waals surface area contributed by atoms with E-state index in [0.717, 1.165) is 15.6 Å². The van der Waals surface area contributed by atoms with Crippen molar-refractivity contribution in [1.29, 1.82) is 0 Å². The molecule has 3 aromatic carbocycles. The Kier molecular flexibility index (Phi) is 6.83. The minimum atomic E-state index is -4.01. The zero-order valence-electron chi connectivity index (χ0n) is 15.5. The maximum atomic E-state index is 12.8. The summed E-state index contributed by atoms with van der Waals surface area (Å²) in [5.41, 5.74) is 3.06. The molecular weight excluding hydrogens is 542 g/mol. The summed E-state index contributed by atoms with van der Waals surface area (Å²) in [7, 11) is -4.01. The first kappa shape index (κ1) is 22.0. The Morgan fingerprint density at radius 3 is 2.38 bits per heavy atom. The molecule has 0 saturated heterocycles. The second-order valence-electron chi connectivity index (χ2n) is 6.35. The minimum Gasteiger partial charge on any atom is -0.377 e. The molecule has 0 unspecified atom stereocenters. The van der Waals surface area contributed by atoms with E-state index >= 15 is 0 Å². The van der Waals surface area contributed by atoms with Crippen molar-refractivity contribution in [3.8, 4) is 5.75 Å². The van der Waals surface area contributed by atoms with Gasteiger partial charge < -0.3 is 4.18 Å². The van der Waals surface area contributed by atoms with Crippen LogP contribution in [0.15, 0.2) is 73.4 Å². The Balaban J connectivity index is 2.02. The van der Waals surface area contributed by atoms with Crippen molar-refractivity contribution < 1.29 is 12.6 Å². The quantitative estimate of drug-likeness (QED) is 0.251. The van der Waals surface area contributed by atoms with Crippen LogP contribution in [0.25, 0.3) is 0 Å². The lowest BCUT2D eigenvalue weighted by atomic mass is 10.2. The van der Waals surface area contributed by atoms with Gasteiger partial charge in [-0.1, -0.05) is 51.3 Å². The molecule has 8 heteroatoms. The van der Waals surface area contributed by atoms with Crippen LogP contribution in [0, 0.1) is 13.8 Å². The first-order valence-electron chi connectivity index (χ1n) is 8.46. The highest BCUT2D eigenvalue weighted by atomic mass is 79.9. The third kappa shape index (κ3) is 5.48. The lowest BCUT2D eigenvalue weighted by Gasteiger charge is -2.12. The molecule has 0 spiro atoms. The summed E-state index contributed by atoms with van der Waals surface area (Å²) < 4.78 is 32.2. The van der Waals surface area contributed by atoms with Crippen molar-refractivity contribution in [3.05, 3.63) is 85.3 Å². The van der Waals surface area contributed by atoms with Crippen LogP contribution in [0.2, 0.25) is 5.02 Å². The molecule has 0 N–H and O–H groups in total. The van der Waals surface area contributed by atoms with Gasteiger partial charge in [0.2, 0.25) is 0 Å². The van der Waals surface area contributed by atoms with Crippen LogP contribution in [0.1, 0.15) is 16.7 Å². The zero-order chi connectivity index (χ0) is 21.2. The van der Waals surface area contributed by atoms with Crippen molar-refractivity contribution >= 4 is 65.5 Å². The second-order valence-corrected chi connectivity index (χ2v) is 10.1. The number of hydrogen-bond acceptors (Lipinski definition) is 4. The van der Waals surface area contributed by atoms with Crippen molar-refractivity contribution in [2.75, 3.05) is 0 Å². The van der Waals surface area contributed by atoms with Gasteiger partial charge in [-0.2, -0.15) is 8.42 Å². The molecule has 0 aliphatic rings. The normalized spacial score (nSPS) is 11.8. The van der Waals surface area contributed by atoms with Crippen LogP contribution in [0.5, 0.6) is 5.75 Å². The summed E-state index contributed by atoms with van der Waals surface area (Å²) in [4.78, 5) is 4.54. The molecule has 4 nitrogen and oxygen atoms in total. The third-order valence-electron chi connectivity index (χ3n) is 4.05. The molecular formula is C21H16Br2ClNO3S. The maximum absolute atomic E-state index is 12.8. The highest BCUT2D eigenvalue weighted by molar-refractivity contribution is 9.11. The molecule has 3 rings (SSSR count). The number of hydrogen-bond donors (Lipinski definition) is 0. The second kappa shape index (κ2) is 9.00. The minimum absolute atomic E-state index is 0.0755. The molecule has 0 aliphatic heterocycles. The van der Waals surface area contributed by atoms with Gasteiger partial charge in [0.1, 0.15) is 4.90 Å². The van der Waals surface area contributed by atoms with E-state index in [0.29, 0.717) is 20.7 Å². The Morgan fingerprint density at radius 2 is 1.69 bits per heavy atom. The predicted octanol–water partition coefficient (Wildman–Crippen LogP) is 7.00. The van der Waals surface area contributed by atoms with Crippen molar-refractivity contribution in [2.45, 2.75) is 18.7 Å². The average Bonchev–Trinajstić information content (AvgIpc) is 2.65.